The van der Waals surface area contributed by atoms with Gasteiger partial charge in [-0.2, -0.15) is 0 Å². The van der Waals surface area contributed by atoms with Gasteiger partial charge in [0.2, 0.25) is 0 Å². The Labute approximate surface area is 174 Å². The molecule has 0 saturated heterocycles. The first-order valence-electron chi connectivity index (χ1n) is 10.6. The minimum absolute atomic E-state index is 0.468. The molecule has 0 radical (unpaired) electrons. The summed E-state index contributed by atoms with van der Waals surface area (Å²) < 4.78 is 2.08. The van der Waals surface area contributed by atoms with E-state index in [4.69, 9.17) is 5.73 Å². The van der Waals surface area contributed by atoms with Crippen molar-refractivity contribution in [2.75, 3.05) is 5.73 Å². The van der Waals surface area contributed by atoms with Crippen LogP contribution in [-0.4, -0.2) is 19.5 Å². The van der Waals surface area contributed by atoms with E-state index in [2.05, 4.69) is 62.8 Å². The summed E-state index contributed by atoms with van der Waals surface area (Å²) in [6.45, 7) is 2.96. The number of anilines is 1. The van der Waals surface area contributed by atoms with Gasteiger partial charge >= 0.3 is 0 Å². The maximum atomic E-state index is 6.18. The van der Waals surface area contributed by atoms with Gasteiger partial charge in [0.05, 0.1) is 12.9 Å². The average molecular weight is 393 g/mol. The van der Waals surface area contributed by atoms with E-state index in [0.717, 1.165) is 5.52 Å². The molecule has 5 heteroatoms. The lowest BCUT2D eigenvalue weighted by molar-refractivity contribution is 0.690. The summed E-state index contributed by atoms with van der Waals surface area (Å²) in [5.41, 5.74) is 13.4. The van der Waals surface area contributed by atoms with Crippen LogP contribution in [0.25, 0.3) is 32.7 Å². The molecule has 0 saturated carbocycles. The van der Waals surface area contributed by atoms with Crippen molar-refractivity contribution in [1.82, 2.24) is 19.5 Å². The number of aromatic nitrogens is 4. The van der Waals surface area contributed by atoms with Gasteiger partial charge in [-0.3, -0.25) is 0 Å². The third-order valence-electron chi connectivity index (χ3n) is 6.66. The lowest BCUT2D eigenvalue weighted by Gasteiger charge is -2.23. The molecule has 0 unspecified atom stereocenters. The van der Waals surface area contributed by atoms with Gasteiger partial charge in [0.15, 0.2) is 11.5 Å². The largest absolute Gasteiger partial charge is 0.382 e. The van der Waals surface area contributed by atoms with Gasteiger partial charge in [-0.05, 0) is 76.4 Å². The molecule has 0 fully saturated rings. The zero-order chi connectivity index (χ0) is 20.2. The van der Waals surface area contributed by atoms with Crippen LogP contribution in [-0.2, 0) is 19.4 Å². The second-order valence-electron chi connectivity index (χ2n) is 8.29. The minimum Gasteiger partial charge on any atom is -0.382 e. The molecule has 0 bridgehead atoms. The summed E-state index contributed by atoms with van der Waals surface area (Å²) in [6, 6.07) is 13.4. The van der Waals surface area contributed by atoms with Crippen LogP contribution in [0.15, 0.2) is 49.1 Å². The monoisotopic (exact) mass is 393 g/mol. The molecule has 30 heavy (non-hydrogen) atoms. The molecule has 148 valence electrons. The van der Waals surface area contributed by atoms with Gasteiger partial charge in [-0.1, -0.05) is 36.4 Å². The van der Waals surface area contributed by atoms with Gasteiger partial charge in [-0.15, -0.1) is 0 Å². The summed E-state index contributed by atoms with van der Waals surface area (Å²) in [4.78, 5) is 12.9. The molecule has 1 aliphatic carbocycles. The summed E-state index contributed by atoms with van der Waals surface area (Å²) in [5.74, 6) is 0.468. The van der Waals surface area contributed by atoms with Crippen LogP contribution in [0.4, 0.5) is 5.82 Å². The second kappa shape index (κ2) is 6.52. The Morgan fingerprint density at radius 3 is 2.67 bits per heavy atom. The van der Waals surface area contributed by atoms with E-state index >= 15 is 0 Å². The van der Waals surface area contributed by atoms with E-state index in [1.807, 2.05) is 6.33 Å². The number of nitrogen functional groups attached to an aromatic ring is 1. The summed E-state index contributed by atoms with van der Waals surface area (Å²) >= 11 is 0. The smallest absolute Gasteiger partial charge is 0.182 e. The van der Waals surface area contributed by atoms with Gasteiger partial charge < -0.3 is 10.3 Å². The number of rotatable bonds is 2. The van der Waals surface area contributed by atoms with E-state index in [1.165, 1.54) is 70.2 Å². The molecule has 0 spiro atoms. The molecule has 0 aliphatic heterocycles. The first-order valence-corrected chi connectivity index (χ1v) is 10.6. The van der Waals surface area contributed by atoms with E-state index in [1.54, 1.807) is 5.56 Å². The number of benzene rings is 3. The molecule has 0 atom stereocenters. The quantitative estimate of drug-likeness (QED) is 0.431. The number of nitrogens with zero attached hydrogens (tertiary/aromatic N) is 4. The van der Waals surface area contributed by atoms with Gasteiger partial charge in [0, 0.05) is 0 Å². The Bertz CT molecular complexity index is 1450. The Kier molecular flexibility index (Phi) is 3.78. The molecule has 2 aromatic heterocycles. The highest BCUT2D eigenvalue weighted by molar-refractivity contribution is 6.07. The van der Waals surface area contributed by atoms with Crippen LogP contribution in [0.3, 0.4) is 0 Å². The van der Waals surface area contributed by atoms with Gasteiger partial charge in [0.25, 0.3) is 0 Å². The lowest BCUT2D eigenvalue weighted by Crippen LogP contribution is -2.07. The molecule has 2 N–H and O–H groups in total. The highest BCUT2D eigenvalue weighted by Crippen LogP contribution is 2.38. The zero-order valence-corrected chi connectivity index (χ0v) is 17.0. The molecule has 5 nitrogen and oxygen atoms in total. The molecule has 2 heterocycles. The van der Waals surface area contributed by atoms with E-state index in [0.29, 0.717) is 18.0 Å². The van der Waals surface area contributed by atoms with Crippen LogP contribution >= 0.6 is 0 Å². The molecular weight excluding hydrogens is 370 g/mol. The van der Waals surface area contributed by atoms with E-state index < -0.39 is 0 Å². The van der Waals surface area contributed by atoms with E-state index in [-0.39, 0.29) is 0 Å². The lowest BCUT2D eigenvalue weighted by atomic mass is 9.83. The molecule has 3 aromatic carbocycles. The number of hydrogen-bond acceptors (Lipinski definition) is 4. The van der Waals surface area contributed by atoms with Crippen LogP contribution in [0, 0.1) is 6.92 Å². The van der Waals surface area contributed by atoms with E-state index in [9.17, 15) is 0 Å². The summed E-state index contributed by atoms with van der Waals surface area (Å²) in [5, 5.41) is 5.39. The number of aryl methyl sites for hydroxylation is 3. The number of imidazole rings is 1. The topological polar surface area (TPSA) is 69.6 Å². The minimum atomic E-state index is 0.468. The normalized spacial score (nSPS) is 13.9. The molecule has 6 rings (SSSR count). The molecule has 0 amide bonds. The fourth-order valence-electron chi connectivity index (χ4n) is 5.26. The van der Waals surface area contributed by atoms with Crippen molar-refractivity contribution >= 4 is 38.5 Å². The van der Waals surface area contributed by atoms with Crippen LogP contribution in [0.5, 0.6) is 0 Å². The van der Waals surface area contributed by atoms with Crippen LogP contribution < -0.4 is 5.73 Å². The zero-order valence-electron chi connectivity index (χ0n) is 17.0. The molecule has 1 aliphatic rings. The summed E-state index contributed by atoms with van der Waals surface area (Å²) in [6.07, 6.45) is 8.21. The van der Waals surface area contributed by atoms with Gasteiger partial charge in [0.1, 0.15) is 11.8 Å². The molecular formula is C25H23N5. The first kappa shape index (κ1) is 17.4. The first-order chi connectivity index (χ1) is 14.7. The highest BCUT2D eigenvalue weighted by atomic mass is 15.1. The van der Waals surface area contributed by atoms with Crippen molar-refractivity contribution < 1.29 is 0 Å². The molecule has 5 aromatic rings. The van der Waals surface area contributed by atoms with Crippen LogP contribution in [0.2, 0.25) is 0 Å². The maximum Gasteiger partial charge on any atom is 0.182 e. The van der Waals surface area contributed by atoms with Crippen molar-refractivity contribution in [3.8, 4) is 0 Å². The predicted octanol–water partition coefficient (Wildman–Crippen LogP) is 4.95. The van der Waals surface area contributed by atoms with Crippen molar-refractivity contribution in [1.29, 1.82) is 0 Å². The second-order valence-corrected chi connectivity index (χ2v) is 8.29. The predicted molar refractivity (Wildman–Crippen MR) is 122 cm³/mol. The summed E-state index contributed by atoms with van der Waals surface area (Å²) in [7, 11) is 0. The van der Waals surface area contributed by atoms with Gasteiger partial charge in [-0.25, -0.2) is 15.0 Å². The van der Waals surface area contributed by atoms with Crippen molar-refractivity contribution in [3.05, 3.63) is 71.3 Å². The average Bonchev–Trinajstić information content (AvgIpc) is 3.20. The third-order valence-corrected chi connectivity index (χ3v) is 6.66. The Balaban J connectivity index is 1.68. The SMILES string of the molecule is Cc1c2ccccc2c(Cn2cnc3ncnc(N)c32)c2ccc3c(c12)CCCC3. The Morgan fingerprint density at radius 1 is 0.933 bits per heavy atom. The standard InChI is InChI=1S/C25H23N5/c1-15-17-7-4-5-9-19(17)21(12-30-14-29-25-23(30)24(26)27-13-28-25)20-11-10-16-6-2-3-8-18(16)22(15)20/h4-5,7,9-11,13-14H,2-3,6,8,12H2,1H3,(H2,26,27,28). The van der Waals surface area contributed by atoms with Crippen molar-refractivity contribution in [2.45, 2.75) is 39.2 Å². The fraction of sp³-hybridized carbons (Fsp3) is 0.240. The van der Waals surface area contributed by atoms with Crippen molar-refractivity contribution in [2.24, 2.45) is 0 Å². The maximum absolute atomic E-state index is 6.18. The highest BCUT2D eigenvalue weighted by Gasteiger charge is 2.19. The number of nitrogens with two attached hydrogens (primary N) is 1. The van der Waals surface area contributed by atoms with Crippen LogP contribution in [0.1, 0.15) is 35.1 Å². The number of fused-ring (bicyclic) bond motifs is 5. The fourth-order valence-corrected chi connectivity index (χ4v) is 5.26. The van der Waals surface area contributed by atoms with Crippen molar-refractivity contribution in [3.63, 3.8) is 0 Å². The Morgan fingerprint density at radius 2 is 1.77 bits per heavy atom. The Hall–Kier alpha value is -3.47. The number of hydrogen-bond donors (Lipinski definition) is 1. The third kappa shape index (κ3) is 2.45.